The second-order valence-electron chi connectivity index (χ2n) is 6.14. The normalized spacial score (nSPS) is 14.4. The zero-order valence-corrected chi connectivity index (χ0v) is 13.9. The number of aromatic nitrogens is 2. The Morgan fingerprint density at radius 3 is 2.79 bits per heavy atom. The molecule has 5 heteroatoms. The van der Waals surface area contributed by atoms with Crippen LogP contribution in [0.2, 0.25) is 0 Å². The number of aryl methyl sites for hydroxylation is 1. The lowest BCUT2D eigenvalue weighted by molar-refractivity contribution is 0.619. The Morgan fingerprint density at radius 1 is 1.33 bits per heavy atom. The topological polar surface area (TPSA) is 49.8 Å². The van der Waals surface area contributed by atoms with Crippen molar-refractivity contribution < 1.29 is 4.39 Å². The summed E-state index contributed by atoms with van der Waals surface area (Å²) in [6, 6.07) is 7.79. The first-order chi connectivity index (χ1) is 11.5. The average molecular weight is 324 g/mol. The molecule has 0 atom stereocenters. The highest BCUT2D eigenvalue weighted by Crippen LogP contribution is 2.36. The minimum Gasteiger partial charge on any atom is -0.338 e. The van der Waals surface area contributed by atoms with Crippen LogP contribution >= 0.6 is 0 Å². The van der Waals surface area contributed by atoms with Crippen LogP contribution in [0.1, 0.15) is 25.3 Å². The van der Waals surface area contributed by atoms with E-state index in [0.717, 1.165) is 17.4 Å². The zero-order valence-electron chi connectivity index (χ0n) is 13.9. The van der Waals surface area contributed by atoms with Crippen molar-refractivity contribution in [1.82, 2.24) is 9.97 Å². The number of benzene rings is 1. The number of hydrogen-bond acceptors (Lipinski definition) is 4. The van der Waals surface area contributed by atoms with Crippen molar-refractivity contribution >= 4 is 17.5 Å². The van der Waals surface area contributed by atoms with Crippen LogP contribution in [-0.4, -0.2) is 9.97 Å². The number of allylic oxidation sites excluding steroid dienone is 2. The van der Waals surface area contributed by atoms with Crippen molar-refractivity contribution in [1.29, 1.82) is 0 Å². The molecular formula is C19H21FN4. The number of anilines is 3. The maximum Gasteiger partial charge on any atom is 0.229 e. The van der Waals surface area contributed by atoms with E-state index in [4.69, 9.17) is 0 Å². The molecule has 1 saturated carbocycles. The fourth-order valence-electron chi connectivity index (χ4n) is 2.47. The van der Waals surface area contributed by atoms with Crippen LogP contribution in [-0.2, 0) is 0 Å². The lowest BCUT2D eigenvalue weighted by Gasteiger charge is -2.11. The van der Waals surface area contributed by atoms with Crippen molar-refractivity contribution in [3.05, 3.63) is 65.8 Å². The first-order valence-electron chi connectivity index (χ1n) is 8.02. The van der Waals surface area contributed by atoms with Gasteiger partial charge in [-0.25, -0.2) is 9.37 Å². The van der Waals surface area contributed by atoms with E-state index >= 15 is 0 Å². The van der Waals surface area contributed by atoms with E-state index in [1.54, 1.807) is 0 Å². The first-order valence-corrected chi connectivity index (χ1v) is 8.02. The van der Waals surface area contributed by atoms with Crippen molar-refractivity contribution in [2.75, 3.05) is 10.6 Å². The molecule has 3 rings (SSSR count). The largest absolute Gasteiger partial charge is 0.338 e. The number of rotatable bonds is 6. The molecule has 0 unspecified atom stereocenters. The molecule has 1 fully saturated rings. The monoisotopic (exact) mass is 324 g/mol. The molecule has 1 heterocycles. The predicted molar refractivity (Wildman–Crippen MR) is 95.7 cm³/mol. The second-order valence-corrected chi connectivity index (χ2v) is 6.14. The zero-order chi connectivity index (χ0) is 17.1. The summed E-state index contributed by atoms with van der Waals surface area (Å²) in [6.07, 6.45) is 5.55. The van der Waals surface area contributed by atoms with E-state index in [1.807, 2.05) is 37.3 Å². The van der Waals surface area contributed by atoms with E-state index in [-0.39, 0.29) is 5.82 Å². The molecule has 1 aromatic heterocycles. The van der Waals surface area contributed by atoms with Gasteiger partial charge in [-0.15, -0.1) is 0 Å². The Labute approximate surface area is 141 Å². The fourth-order valence-corrected chi connectivity index (χ4v) is 2.47. The molecule has 0 aliphatic heterocycles. The van der Waals surface area contributed by atoms with Gasteiger partial charge in [-0.1, -0.05) is 30.4 Å². The number of nitrogens with one attached hydrogen (secondary N) is 2. The summed E-state index contributed by atoms with van der Waals surface area (Å²) in [6.45, 7) is 7.99. The maximum absolute atomic E-state index is 14.0. The third-order valence-electron chi connectivity index (χ3n) is 4.04. The average Bonchev–Trinajstić information content (AvgIpc) is 3.37. The third kappa shape index (κ3) is 3.98. The summed E-state index contributed by atoms with van der Waals surface area (Å²) in [4.78, 5) is 8.22. The summed E-state index contributed by atoms with van der Waals surface area (Å²) >= 11 is 0. The van der Waals surface area contributed by atoms with Gasteiger partial charge in [0.15, 0.2) is 11.6 Å². The van der Waals surface area contributed by atoms with Crippen LogP contribution in [0.15, 0.2) is 54.4 Å². The van der Waals surface area contributed by atoms with E-state index in [9.17, 15) is 4.39 Å². The first kappa shape index (κ1) is 16.2. The van der Waals surface area contributed by atoms with Crippen LogP contribution in [0.4, 0.5) is 21.8 Å². The van der Waals surface area contributed by atoms with Crippen molar-refractivity contribution in [2.45, 2.75) is 26.7 Å². The quantitative estimate of drug-likeness (QED) is 0.738. The lowest BCUT2D eigenvalue weighted by atomic mass is 10.1. The van der Waals surface area contributed by atoms with Gasteiger partial charge in [0, 0.05) is 11.4 Å². The Morgan fingerprint density at radius 2 is 2.08 bits per heavy atom. The molecule has 0 bridgehead atoms. The molecule has 2 N–H and O–H groups in total. The molecular weight excluding hydrogens is 303 g/mol. The number of halogens is 1. The van der Waals surface area contributed by atoms with Crippen molar-refractivity contribution in [3.8, 4) is 0 Å². The second kappa shape index (κ2) is 6.83. The molecule has 124 valence electrons. The molecule has 4 nitrogen and oxygen atoms in total. The Balaban J connectivity index is 1.75. The summed E-state index contributed by atoms with van der Waals surface area (Å²) in [7, 11) is 0. The van der Waals surface area contributed by atoms with Crippen LogP contribution in [0.3, 0.4) is 0 Å². The lowest BCUT2D eigenvalue weighted by Crippen LogP contribution is -2.06. The molecule has 2 aromatic rings. The van der Waals surface area contributed by atoms with Crippen molar-refractivity contribution in [2.24, 2.45) is 5.92 Å². The molecule has 0 amide bonds. The van der Waals surface area contributed by atoms with Gasteiger partial charge in [-0.2, -0.15) is 4.98 Å². The molecule has 0 saturated heterocycles. The molecule has 1 aliphatic carbocycles. The Kier molecular flexibility index (Phi) is 4.60. The third-order valence-corrected chi connectivity index (χ3v) is 4.04. The Hall–Kier alpha value is -2.69. The highest BCUT2D eigenvalue weighted by Gasteiger charge is 2.22. The van der Waals surface area contributed by atoms with Crippen LogP contribution in [0.5, 0.6) is 0 Å². The van der Waals surface area contributed by atoms with Crippen LogP contribution < -0.4 is 10.6 Å². The minimum atomic E-state index is -0.510. The molecule has 1 aliphatic rings. The summed E-state index contributed by atoms with van der Waals surface area (Å²) in [5, 5.41) is 6.04. The number of nitrogens with zero attached hydrogens (tertiary/aromatic N) is 2. The van der Waals surface area contributed by atoms with E-state index < -0.39 is 5.82 Å². The highest BCUT2D eigenvalue weighted by atomic mass is 19.1. The van der Waals surface area contributed by atoms with Gasteiger partial charge in [0.05, 0.1) is 6.20 Å². The molecule has 24 heavy (non-hydrogen) atoms. The van der Waals surface area contributed by atoms with Gasteiger partial charge in [0.2, 0.25) is 5.95 Å². The van der Waals surface area contributed by atoms with Crippen LogP contribution in [0.25, 0.3) is 0 Å². The summed E-state index contributed by atoms with van der Waals surface area (Å²) in [5.74, 6) is 0.593. The van der Waals surface area contributed by atoms with Gasteiger partial charge in [-0.05, 0) is 50.3 Å². The standard InChI is InChI=1S/C19H21FN4/c1-12-6-4-5-7-17(12)23-19-21-11-16(20)18(24-19)22-14(3)10-13(2)15-8-9-15/h4-7,10-11,15H,3,8-9H2,1-2H3,(H2,21,22,23,24)/b13-10+. The predicted octanol–water partition coefficient (Wildman–Crippen LogP) is 4.95. The minimum absolute atomic E-state index is 0.117. The van der Waals surface area contributed by atoms with Gasteiger partial charge in [0.1, 0.15) is 0 Å². The van der Waals surface area contributed by atoms with Gasteiger partial charge in [-0.3, -0.25) is 0 Å². The van der Waals surface area contributed by atoms with Crippen molar-refractivity contribution in [3.63, 3.8) is 0 Å². The SMILES string of the molecule is C=C(/C=C(\C)C1CC1)Nc1nc(Nc2ccccc2C)ncc1F. The highest BCUT2D eigenvalue weighted by molar-refractivity contribution is 5.59. The number of para-hydroxylation sites is 1. The molecule has 1 aromatic carbocycles. The summed E-state index contributed by atoms with van der Waals surface area (Å²) < 4.78 is 14.0. The van der Waals surface area contributed by atoms with Gasteiger partial charge < -0.3 is 10.6 Å². The number of hydrogen-bond donors (Lipinski definition) is 2. The molecule has 0 spiro atoms. The van der Waals surface area contributed by atoms with E-state index in [0.29, 0.717) is 17.6 Å². The Bertz CT molecular complexity index is 794. The van der Waals surface area contributed by atoms with E-state index in [1.165, 1.54) is 18.4 Å². The smallest absolute Gasteiger partial charge is 0.229 e. The fraction of sp³-hybridized carbons (Fsp3) is 0.263. The van der Waals surface area contributed by atoms with Gasteiger partial charge >= 0.3 is 0 Å². The molecule has 0 radical (unpaired) electrons. The van der Waals surface area contributed by atoms with Gasteiger partial charge in [0.25, 0.3) is 0 Å². The summed E-state index contributed by atoms with van der Waals surface area (Å²) in [5.41, 5.74) is 3.84. The van der Waals surface area contributed by atoms with Crippen LogP contribution in [0, 0.1) is 18.7 Å². The van der Waals surface area contributed by atoms with E-state index in [2.05, 4.69) is 34.1 Å². The maximum atomic E-state index is 14.0.